The second-order valence-corrected chi connectivity index (χ2v) is 4.35. The normalized spacial score (nSPS) is 11.3. The van der Waals surface area contributed by atoms with Crippen molar-refractivity contribution in [2.75, 3.05) is 6.54 Å². The van der Waals surface area contributed by atoms with Crippen LogP contribution in [0.2, 0.25) is 0 Å². The Kier molecular flexibility index (Phi) is 4.57. The summed E-state index contributed by atoms with van der Waals surface area (Å²) in [5, 5.41) is 17.9. The van der Waals surface area contributed by atoms with E-state index in [1.807, 2.05) is 0 Å². The smallest absolute Gasteiger partial charge is 0.417 e. The molecule has 0 atom stereocenters. The summed E-state index contributed by atoms with van der Waals surface area (Å²) in [6.07, 6.45) is -2.93. The SMILES string of the molecule is O=C(O)CCNC(=O)c1cn(-c2ccc(C(F)(F)F)cn2)nn1. The molecule has 0 fully saturated rings. The molecule has 0 aliphatic heterocycles. The molecule has 2 aromatic rings. The third-order valence-corrected chi connectivity index (χ3v) is 2.66. The summed E-state index contributed by atoms with van der Waals surface area (Å²) in [4.78, 5) is 25.6. The number of carbonyl (C=O) groups excluding carboxylic acids is 1. The topological polar surface area (TPSA) is 110 Å². The van der Waals surface area contributed by atoms with Crippen molar-refractivity contribution < 1.29 is 27.9 Å². The molecule has 23 heavy (non-hydrogen) atoms. The van der Waals surface area contributed by atoms with Crippen LogP contribution in [0.3, 0.4) is 0 Å². The predicted octanol–water partition coefficient (Wildman–Crippen LogP) is 0.886. The lowest BCUT2D eigenvalue weighted by molar-refractivity contribution is -0.138. The molecule has 0 bridgehead atoms. The molecule has 0 aliphatic rings. The van der Waals surface area contributed by atoms with E-state index in [-0.39, 0.29) is 24.5 Å². The number of hydrogen-bond acceptors (Lipinski definition) is 5. The van der Waals surface area contributed by atoms with Gasteiger partial charge in [-0.15, -0.1) is 5.10 Å². The highest BCUT2D eigenvalue weighted by molar-refractivity contribution is 5.92. The van der Waals surface area contributed by atoms with E-state index >= 15 is 0 Å². The van der Waals surface area contributed by atoms with Crippen molar-refractivity contribution in [2.45, 2.75) is 12.6 Å². The number of aliphatic carboxylic acids is 1. The molecule has 2 rings (SSSR count). The van der Waals surface area contributed by atoms with Gasteiger partial charge < -0.3 is 10.4 Å². The van der Waals surface area contributed by atoms with Gasteiger partial charge in [0.15, 0.2) is 11.5 Å². The van der Waals surface area contributed by atoms with Crippen molar-refractivity contribution >= 4 is 11.9 Å². The first-order chi connectivity index (χ1) is 10.8. The maximum Gasteiger partial charge on any atom is 0.417 e. The number of aromatic nitrogens is 4. The fourth-order valence-corrected chi connectivity index (χ4v) is 1.54. The first kappa shape index (κ1) is 16.4. The van der Waals surface area contributed by atoms with Crippen molar-refractivity contribution in [1.82, 2.24) is 25.3 Å². The number of nitrogens with zero attached hydrogens (tertiary/aromatic N) is 4. The van der Waals surface area contributed by atoms with Crippen molar-refractivity contribution in [3.8, 4) is 5.82 Å². The Hall–Kier alpha value is -2.98. The minimum Gasteiger partial charge on any atom is -0.481 e. The molecule has 8 nitrogen and oxygen atoms in total. The molecule has 0 unspecified atom stereocenters. The van der Waals surface area contributed by atoms with Crippen LogP contribution in [-0.2, 0) is 11.0 Å². The maximum absolute atomic E-state index is 12.4. The average Bonchev–Trinajstić information content (AvgIpc) is 2.96. The zero-order valence-corrected chi connectivity index (χ0v) is 11.4. The number of hydrogen-bond donors (Lipinski definition) is 2. The molecule has 11 heteroatoms. The van der Waals surface area contributed by atoms with Gasteiger partial charge in [-0.3, -0.25) is 9.59 Å². The van der Waals surface area contributed by atoms with Crippen LogP contribution in [0.1, 0.15) is 22.5 Å². The number of carboxylic acids is 1. The van der Waals surface area contributed by atoms with E-state index in [4.69, 9.17) is 5.11 Å². The van der Waals surface area contributed by atoms with Gasteiger partial charge in [0.05, 0.1) is 18.2 Å². The van der Waals surface area contributed by atoms with Crippen LogP contribution in [0, 0.1) is 0 Å². The predicted molar refractivity (Wildman–Crippen MR) is 68.7 cm³/mol. The zero-order valence-electron chi connectivity index (χ0n) is 11.4. The summed E-state index contributed by atoms with van der Waals surface area (Å²) in [7, 11) is 0. The Morgan fingerprint density at radius 1 is 1.30 bits per heavy atom. The fraction of sp³-hybridized carbons (Fsp3) is 0.250. The Balaban J connectivity index is 2.07. The average molecular weight is 329 g/mol. The highest BCUT2D eigenvalue weighted by Crippen LogP contribution is 2.28. The number of alkyl halides is 3. The lowest BCUT2D eigenvalue weighted by atomic mass is 10.3. The zero-order chi connectivity index (χ0) is 17.0. The molecule has 122 valence electrons. The first-order valence-corrected chi connectivity index (χ1v) is 6.23. The van der Waals surface area contributed by atoms with Crippen molar-refractivity contribution in [1.29, 1.82) is 0 Å². The van der Waals surface area contributed by atoms with Gasteiger partial charge in [0.1, 0.15) is 0 Å². The highest BCUT2D eigenvalue weighted by Gasteiger charge is 2.30. The Bertz CT molecular complexity index is 711. The molecular formula is C12H10F3N5O3. The molecule has 0 saturated carbocycles. The monoisotopic (exact) mass is 329 g/mol. The Morgan fingerprint density at radius 3 is 2.61 bits per heavy atom. The van der Waals surface area contributed by atoms with Crippen LogP contribution < -0.4 is 5.32 Å². The van der Waals surface area contributed by atoms with Crippen LogP contribution in [0.4, 0.5) is 13.2 Å². The minimum absolute atomic E-state index is 0.0510. The number of amides is 1. The molecule has 2 aromatic heterocycles. The van der Waals surface area contributed by atoms with Gasteiger partial charge in [-0.05, 0) is 12.1 Å². The van der Waals surface area contributed by atoms with Gasteiger partial charge in [-0.1, -0.05) is 5.21 Å². The third-order valence-electron chi connectivity index (χ3n) is 2.66. The molecule has 0 spiro atoms. The molecule has 0 saturated heterocycles. The van der Waals surface area contributed by atoms with E-state index in [1.54, 1.807) is 0 Å². The Morgan fingerprint density at radius 2 is 2.04 bits per heavy atom. The van der Waals surface area contributed by atoms with E-state index in [9.17, 15) is 22.8 Å². The van der Waals surface area contributed by atoms with Crippen molar-refractivity contribution in [3.05, 3.63) is 35.8 Å². The maximum atomic E-state index is 12.4. The van der Waals surface area contributed by atoms with E-state index in [2.05, 4.69) is 20.6 Å². The Labute approximate surface area is 126 Å². The number of nitrogens with one attached hydrogen (secondary N) is 1. The van der Waals surface area contributed by atoms with Gasteiger partial charge in [-0.2, -0.15) is 13.2 Å². The number of halogens is 3. The van der Waals surface area contributed by atoms with Crippen molar-refractivity contribution in [3.63, 3.8) is 0 Å². The number of carboxylic acid groups (broad SMARTS) is 1. The van der Waals surface area contributed by atoms with E-state index < -0.39 is 23.6 Å². The number of pyridine rings is 1. The van der Waals surface area contributed by atoms with E-state index in [1.165, 1.54) is 6.20 Å². The second kappa shape index (κ2) is 6.42. The first-order valence-electron chi connectivity index (χ1n) is 6.23. The van der Waals surface area contributed by atoms with Gasteiger partial charge in [0, 0.05) is 12.7 Å². The highest BCUT2D eigenvalue weighted by atomic mass is 19.4. The van der Waals surface area contributed by atoms with Crippen LogP contribution in [-0.4, -0.2) is 43.5 Å². The second-order valence-electron chi connectivity index (χ2n) is 4.35. The number of rotatable bonds is 5. The molecule has 0 aliphatic carbocycles. The summed E-state index contributed by atoms with van der Waals surface area (Å²) < 4.78 is 38.3. The van der Waals surface area contributed by atoms with Crippen LogP contribution in [0.25, 0.3) is 5.82 Å². The van der Waals surface area contributed by atoms with Crippen molar-refractivity contribution in [2.24, 2.45) is 0 Å². The fourth-order valence-electron chi connectivity index (χ4n) is 1.54. The quantitative estimate of drug-likeness (QED) is 0.843. The summed E-state index contributed by atoms with van der Waals surface area (Å²) in [6, 6.07) is 1.92. The molecule has 2 heterocycles. The molecule has 2 N–H and O–H groups in total. The third kappa shape index (κ3) is 4.25. The van der Waals surface area contributed by atoms with Gasteiger partial charge in [0.2, 0.25) is 0 Å². The minimum atomic E-state index is -4.50. The van der Waals surface area contributed by atoms with Gasteiger partial charge >= 0.3 is 12.1 Å². The number of carbonyl (C=O) groups is 2. The molecular weight excluding hydrogens is 319 g/mol. The molecule has 1 amide bonds. The molecule has 0 aromatic carbocycles. The largest absolute Gasteiger partial charge is 0.481 e. The van der Waals surface area contributed by atoms with Gasteiger partial charge in [0.25, 0.3) is 5.91 Å². The van der Waals surface area contributed by atoms with Crippen LogP contribution in [0.15, 0.2) is 24.5 Å². The summed E-state index contributed by atoms with van der Waals surface area (Å²) in [5.74, 6) is -1.66. The van der Waals surface area contributed by atoms with E-state index in [0.717, 1.165) is 16.8 Å². The lowest BCUT2D eigenvalue weighted by Crippen LogP contribution is -2.26. The summed E-state index contributed by atoms with van der Waals surface area (Å²) in [5.41, 5.74) is -1.02. The summed E-state index contributed by atoms with van der Waals surface area (Å²) >= 11 is 0. The van der Waals surface area contributed by atoms with Gasteiger partial charge in [-0.25, -0.2) is 9.67 Å². The van der Waals surface area contributed by atoms with Crippen LogP contribution in [0.5, 0.6) is 0 Å². The summed E-state index contributed by atoms with van der Waals surface area (Å²) in [6.45, 7) is -0.0838. The van der Waals surface area contributed by atoms with E-state index in [0.29, 0.717) is 6.20 Å². The lowest BCUT2D eigenvalue weighted by Gasteiger charge is -2.06. The molecule has 0 radical (unpaired) electrons. The van der Waals surface area contributed by atoms with Crippen LogP contribution >= 0.6 is 0 Å². The standard InChI is InChI=1S/C12H10F3N5O3/c13-12(14,15)7-1-2-9(17-5-7)20-6-8(18-19-20)11(23)16-4-3-10(21)22/h1-2,5-6H,3-4H2,(H,16,23)(H,21,22).